The van der Waals surface area contributed by atoms with E-state index in [2.05, 4.69) is 46.9 Å². The van der Waals surface area contributed by atoms with E-state index >= 15 is 0 Å². The molecule has 1 amide bonds. The van der Waals surface area contributed by atoms with E-state index in [1.54, 1.807) is 7.05 Å². The number of imidazole rings is 1. The largest absolute Gasteiger partial charge is 0.455 e. The SMILES string of the molecule is CCc1nc(Cl)c(C(=O)NC)n1Cc1ccc2oc(-c3ccccc3-c3nnn[nH]3)c(Br)c2c1. The minimum Gasteiger partial charge on any atom is -0.455 e. The van der Waals surface area contributed by atoms with Crippen LogP contribution in [0.15, 0.2) is 51.4 Å². The molecule has 5 rings (SSSR count). The molecule has 0 aliphatic rings. The van der Waals surface area contributed by atoms with Crippen molar-refractivity contribution in [2.75, 3.05) is 7.05 Å². The van der Waals surface area contributed by atoms with Gasteiger partial charge in [-0.25, -0.2) is 10.1 Å². The lowest BCUT2D eigenvalue weighted by Gasteiger charge is -2.11. The number of carbonyl (C=O) groups is 1. The fraction of sp³-hybridized carbons (Fsp3) is 0.174. The van der Waals surface area contributed by atoms with Crippen molar-refractivity contribution < 1.29 is 9.21 Å². The van der Waals surface area contributed by atoms with Gasteiger partial charge in [0.1, 0.15) is 22.9 Å². The second kappa shape index (κ2) is 9.03. The monoisotopic (exact) mass is 539 g/mol. The van der Waals surface area contributed by atoms with Crippen LogP contribution in [0.5, 0.6) is 0 Å². The van der Waals surface area contributed by atoms with Crippen molar-refractivity contribution in [3.63, 3.8) is 0 Å². The van der Waals surface area contributed by atoms with Crippen LogP contribution in [-0.4, -0.2) is 43.1 Å². The summed E-state index contributed by atoms with van der Waals surface area (Å²) < 4.78 is 8.89. The van der Waals surface area contributed by atoms with Gasteiger partial charge in [0.15, 0.2) is 11.0 Å². The van der Waals surface area contributed by atoms with Crippen molar-refractivity contribution in [3.05, 3.63) is 69.2 Å². The van der Waals surface area contributed by atoms with E-state index in [0.717, 1.165) is 38.0 Å². The van der Waals surface area contributed by atoms with Crippen molar-refractivity contribution in [2.45, 2.75) is 19.9 Å². The Balaban J connectivity index is 1.58. The number of carbonyl (C=O) groups excluding carboxylic acids is 1. The van der Waals surface area contributed by atoms with Gasteiger partial charge in [0.25, 0.3) is 5.91 Å². The molecule has 0 saturated carbocycles. The number of tetrazole rings is 1. The molecule has 0 atom stereocenters. The van der Waals surface area contributed by atoms with E-state index < -0.39 is 0 Å². The summed E-state index contributed by atoms with van der Waals surface area (Å²) in [5.74, 6) is 1.69. The standard InChI is InChI=1S/C23H19BrClN7O2/c1-3-17-27-21(25)19(23(33)26-2)32(17)11-12-8-9-16-15(10-12)18(24)20(34-16)13-6-4-5-7-14(13)22-28-30-31-29-22/h4-10H,3,11H2,1-2H3,(H,26,33)(H,28,29,30,31). The Kier molecular flexibility index (Phi) is 5.93. The number of nitrogens with zero attached hydrogens (tertiary/aromatic N) is 5. The number of hydrogen-bond donors (Lipinski definition) is 2. The fourth-order valence-electron chi connectivity index (χ4n) is 3.97. The maximum atomic E-state index is 12.4. The maximum Gasteiger partial charge on any atom is 0.270 e. The quantitative estimate of drug-likeness (QED) is 0.318. The first kappa shape index (κ1) is 22.3. The summed E-state index contributed by atoms with van der Waals surface area (Å²) in [7, 11) is 1.57. The molecule has 3 aromatic heterocycles. The zero-order chi connectivity index (χ0) is 23.8. The number of H-pyrrole nitrogens is 1. The van der Waals surface area contributed by atoms with Gasteiger partial charge in [-0.2, -0.15) is 0 Å². The van der Waals surface area contributed by atoms with Gasteiger partial charge in [0, 0.05) is 36.5 Å². The van der Waals surface area contributed by atoms with Gasteiger partial charge < -0.3 is 14.3 Å². The minimum absolute atomic E-state index is 0.197. The molecule has 0 spiro atoms. The fourth-order valence-corrected chi connectivity index (χ4v) is 4.86. The van der Waals surface area contributed by atoms with Crippen LogP contribution < -0.4 is 5.32 Å². The van der Waals surface area contributed by atoms with Crippen molar-refractivity contribution in [3.8, 4) is 22.7 Å². The highest BCUT2D eigenvalue weighted by atomic mass is 79.9. The van der Waals surface area contributed by atoms with Crippen molar-refractivity contribution >= 4 is 44.4 Å². The summed E-state index contributed by atoms with van der Waals surface area (Å²) >= 11 is 10.0. The van der Waals surface area contributed by atoms with E-state index in [0.29, 0.717) is 30.2 Å². The summed E-state index contributed by atoms with van der Waals surface area (Å²) in [6, 6.07) is 13.7. The molecule has 34 heavy (non-hydrogen) atoms. The van der Waals surface area contributed by atoms with Crippen LogP contribution in [0.1, 0.15) is 28.8 Å². The Morgan fingerprint density at radius 3 is 2.74 bits per heavy atom. The molecular weight excluding hydrogens is 522 g/mol. The summed E-state index contributed by atoms with van der Waals surface area (Å²) in [5, 5.41) is 18.0. The number of rotatable bonds is 6. The van der Waals surface area contributed by atoms with E-state index in [-0.39, 0.29) is 11.1 Å². The molecule has 3 heterocycles. The summed E-state index contributed by atoms with van der Waals surface area (Å²) in [6.07, 6.45) is 0.645. The maximum absolute atomic E-state index is 12.4. The zero-order valence-corrected chi connectivity index (χ0v) is 20.6. The van der Waals surface area contributed by atoms with Gasteiger partial charge in [-0.15, -0.1) is 5.10 Å². The number of fused-ring (bicyclic) bond motifs is 1. The Labute approximate surface area is 207 Å². The Morgan fingerprint density at radius 2 is 2.03 bits per heavy atom. The number of aromatic nitrogens is 6. The average molecular weight is 541 g/mol. The molecule has 2 N–H and O–H groups in total. The Morgan fingerprint density at radius 1 is 1.24 bits per heavy atom. The second-order valence-corrected chi connectivity index (χ2v) is 8.71. The van der Waals surface area contributed by atoms with Crippen LogP contribution in [0, 0.1) is 0 Å². The Bertz CT molecular complexity index is 1510. The molecular formula is C23H19BrClN7O2. The van der Waals surface area contributed by atoms with Crippen LogP contribution in [0.3, 0.4) is 0 Å². The van der Waals surface area contributed by atoms with Gasteiger partial charge in [0.05, 0.1) is 4.47 Å². The molecule has 172 valence electrons. The number of aryl methyl sites for hydroxylation is 1. The predicted octanol–water partition coefficient (Wildman–Crippen LogP) is 4.86. The number of halogens is 2. The topological polar surface area (TPSA) is 115 Å². The van der Waals surface area contributed by atoms with Crippen molar-refractivity contribution in [1.29, 1.82) is 0 Å². The molecule has 5 aromatic rings. The molecule has 0 aliphatic carbocycles. The van der Waals surface area contributed by atoms with Gasteiger partial charge in [-0.1, -0.05) is 48.9 Å². The average Bonchev–Trinajstić information content (AvgIpc) is 3.57. The van der Waals surface area contributed by atoms with Gasteiger partial charge in [-0.05, 0) is 44.1 Å². The number of hydrogen-bond acceptors (Lipinski definition) is 6. The highest BCUT2D eigenvalue weighted by molar-refractivity contribution is 9.10. The third kappa shape index (κ3) is 3.78. The number of nitrogens with one attached hydrogen (secondary N) is 2. The number of furan rings is 1. The van der Waals surface area contributed by atoms with E-state index in [9.17, 15) is 4.79 Å². The van der Waals surface area contributed by atoms with Crippen LogP contribution in [0.25, 0.3) is 33.7 Å². The minimum atomic E-state index is -0.274. The first-order valence-corrected chi connectivity index (χ1v) is 11.7. The van der Waals surface area contributed by atoms with E-state index in [4.69, 9.17) is 16.0 Å². The Hall–Kier alpha value is -3.50. The molecule has 0 aliphatic heterocycles. The molecule has 0 bridgehead atoms. The molecule has 0 saturated heterocycles. The lowest BCUT2D eigenvalue weighted by molar-refractivity contribution is 0.0954. The van der Waals surface area contributed by atoms with Crippen LogP contribution in [-0.2, 0) is 13.0 Å². The smallest absolute Gasteiger partial charge is 0.270 e. The predicted molar refractivity (Wildman–Crippen MR) is 132 cm³/mol. The highest BCUT2D eigenvalue weighted by Gasteiger charge is 2.22. The number of aromatic amines is 1. The molecule has 0 fully saturated rings. The van der Waals surface area contributed by atoms with Gasteiger partial charge >= 0.3 is 0 Å². The summed E-state index contributed by atoms with van der Waals surface area (Å²) in [4.78, 5) is 16.8. The third-order valence-corrected chi connectivity index (χ3v) is 6.62. The van der Waals surface area contributed by atoms with Gasteiger partial charge in [0.2, 0.25) is 0 Å². The third-order valence-electron chi connectivity index (χ3n) is 5.57. The summed E-state index contributed by atoms with van der Waals surface area (Å²) in [5.41, 5.74) is 3.72. The molecule has 0 radical (unpaired) electrons. The number of benzene rings is 2. The first-order chi connectivity index (χ1) is 16.5. The lowest BCUT2D eigenvalue weighted by Crippen LogP contribution is -2.23. The lowest BCUT2D eigenvalue weighted by atomic mass is 10.0. The van der Waals surface area contributed by atoms with Crippen LogP contribution >= 0.6 is 27.5 Å². The van der Waals surface area contributed by atoms with Crippen molar-refractivity contribution in [1.82, 2.24) is 35.5 Å². The zero-order valence-electron chi connectivity index (χ0n) is 18.3. The summed E-state index contributed by atoms with van der Waals surface area (Å²) in [6.45, 7) is 2.42. The van der Waals surface area contributed by atoms with E-state index in [1.807, 2.05) is 54.0 Å². The van der Waals surface area contributed by atoms with Gasteiger partial charge in [-0.3, -0.25) is 4.79 Å². The highest BCUT2D eigenvalue weighted by Crippen LogP contribution is 2.41. The second-order valence-electron chi connectivity index (χ2n) is 7.56. The van der Waals surface area contributed by atoms with E-state index in [1.165, 1.54) is 0 Å². The first-order valence-electron chi connectivity index (χ1n) is 10.5. The van der Waals surface area contributed by atoms with Crippen LogP contribution in [0.2, 0.25) is 5.15 Å². The molecule has 9 nitrogen and oxygen atoms in total. The molecule has 2 aromatic carbocycles. The van der Waals surface area contributed by atoms with Crippen molar-refractivity contribution in [2.24, 2.45) is 0 Å². The number of amides is 1. The normalized spacial score (nSPS) is 11.3. The molecule has 11 heteroatoms. The van der Waals surface area contributed by atoms with Crippen LogP contribution in [0.4, 0.5) is 0 Å². The molecule has 0 unspecified atom stereocenters.